The van der Waals surface area contributed by atoms with E-state index in [2.05, 4.69) is 63.3 Å². The number of phosphoric acid groups is 2. The van der Waals surface area contributed by atoms with Gasteiger partial charge in [-0.25, -0.2) is 0 Å². The molecule has 19 nitrogen and oxygen atoms in total. The number of ether oxygens (including phenoxy) is 4. The zero-order chi connectivity index (χ0) is 70.1. The molecule has 0 rings (SSSR count). The average Bonchev–Trinajstić information content (AvgIpc) is 1.27. The molecule has 0 aliphatic carbocycles. The number of aldehydes is 1. The Labute approximate surface area is 572 Å². The van der Waals surface area contributed by atoms with Crippen LogP contribution in [0.3, 0.4) is 0 Å². The SMILES string of the molecule is CCCCC/C=C\C/C=C\C/C=C\C/C=C\CCCC(=O)OC(COC(=O)CCCCCCCCCCCCCCC)COP(=O)([O-])OCC[N+](C)(C)C.CCCCCCCCCCCCCCCC(=O)OCC(COP(=O)([O-])OCC[N+](C)(C)C)OC(=O)CCCC=O. The maximum atomic E-state index is 12.6. The quantitative estimate of drug-likeness (QED) is 0.0105. The van der Waals surface area contributed by atoms with E-state index in [1.165, 1.54) is 148 Å². The summed E-state index contributed by atoms with van der Waals surface area (Å²) in [6.07, 6.45) is 57.4. The molecule has 0 spiro atoms. The van der Waals surface area contributed by atoms with E-state index in [-0.39, 0.29) is 58.5 Å². The molecule has 0 bridgehead atoms. The van der Waals surface area contributed by atoms with Gasteiger partial charge in [0.1, 0.15) is 45.8 Å². The summed E-state index contributed by atoms with van der Waals surface area (Å²) >= 11 is 0. The van der Waals surface area contributed by atoms with E-state index in [1.54, 1.807) is 0 Å². The highest BCUT2D eigenvalue weighted by Crippen LogP contribution is 2.39. The summed E-state index contributed by atoms with van der Waals surface area (Å²) < 4.78 is 66.6. The van der Waals surface area contributed by atoms with Crippen molar-refractivity contribution in [3.05, 3.63) is 48.6 Å². The fourth-order valence-electron chi connectivity index (χ4n) is 9.34. The number of hydrogen-bond acceptors (Lipinski definition) is 17. The number of rotatable bonds is 66. The van der Waals surface area contributed by atoms with Crippen molar-refractivity contribution in [3.63, 3.8) is 0 Å². The summed E-state index contributed by atoms with van der Waals surface area (Å²) in [5.41, 5.74) is 0. The van der Waals surface area contributed by atoms with Crippen molar-refractivity contribution < 1.29 is 88.9 Å². The van der Waals surface area contributed by atoms with E-state index in [0.29, 0.717) is 54.0 Å². The van der Waals surface area contributed by atoms with Crippen molar-refractivity contribution in [2.75, 3.05) is 95.0 Å². The Balaban J connectivity index is 0. The molecule has 4 atom stereocenters. The van der Waals surface area contributed by atoms with Crippen molar-refractivity contribution >= 4 is 45.8 Å². The van der Waals surface area contributed by atoms with Crippen LogP contribution in [0, 0.1) is 0 Å². The molecule has 550 valence electrons. The topological polar surface area (TPSA) is 239 Å². The maximum Gasteiger partial charge on any atom is 0.306 e. The summed E-state index contributed by atoms with van der Waals surface area (Å²) in [7, 11) is 2.18. The van der Waals surface area contributed by atoms with Gasteiger partial charge in [0.05, 0.1) is 55.5 Å². The molecule has 0 saturated heterocycles. The van der Waals surface area contributed by atoms with Crippen molar-refractivity contribution in [3.8, 4) is 0 Å². The number of unbranched alkanes of at least 4 members (excludes halogenated alkanes) is 29. The number of quaternary nitrogens is 2. The summed E-state index contributed by atoms with van der Waals surface area (Å²) in [5, 5.41) is 0. The molecule has 0 fully saturated rings. The lowest BCUT2D eigenvalue weighted by atomic mass is 10.0. The Hall–Kier alpha value is -3.35. The largest absolute Gasteiger partial charge is 0.756 e. The van der Waals surface area contributed by atoms with E-state index in [0.717, 1.165) is 57.8 Å². The van der Waals surface area contributed by atoms with Gasteiger partial charge in [0.15, 0.2) is 12.2 Å². The number of allylic oxidation sites excluding steroid dienone is 8. The second kappa shape index (κ2) is 64.3. The Morgan fingerprint density at radius 1 is 0.351 bits per heavy atom. The van der Waals surface area contributed by atoms with E-state index >= 15 is 0 Å². The molecule has 0 saturated carbocycles. The van der Waals surface area contributed by atoms with Crippen LogP contribution >= 0.6 is 15.6 Å². The minimum atomic E-state index is -4.64. The van der Waals surface area contributed by atoms with Crippen LogP contribution in [0.15, 0.2) is 48.6 Å². The molecule has 0 aromatic rings. The Kier molecular flexibility index (Phi) is 63.4. The van der Waals surface area contributed by atoms with Gasteiger partial charge in [-0.05, 0) is 64.2 Å². The zero-order valence-electron chi connectivity index (χ0n) is 60.7. The van der Waals surface area contributed by atoms with E-state index in [4.69, 9.17) is 37.0 Å². The second-order valence-corrected chi connectivity index (χ2v) is 29.6. The first kappa shape index (κ1) is 92.7. The fourth-order valence-corrected chi connectivity index (χ4v) is 10.8. The molecule has 0 heterocycles. The number of hydrogen-bond donors (Lipinski definition) is 0. The minimum Gasteiger partial charge on any atom is -0.756 e. The molecule has 0 radical (unpaired) electrons. The number of carbonyl (C=O) groups excluding carboxylic acids is 5. The van der Waals surface area contributed by atoms with Gasteiger partial charge < -0.3 is 60.6 Å². The summed E-state index contributed by atoms with van der Waals surface area (Å²) in [6, 6.07) is 0. The maximum absolute atomic E-state index is 12.6. The first-order chi connectivity index (χ1) is 45.0. The monoisotopic (exact) mass is 1370 g/mol. The molecular weight excluding hydrogens is 1240 g/mol. The van der Waals surface area contributed by atoms with Crippen LogP contribution < -0.4 is 9.79 Å². The highest BCUT2D eigenvalue weighted by Gasteiger charge is 2.24. The van der Waals surface area contributed by atoms with Crippen LogP contribution in [0.2, 0.25) is 0 Å². The Morgan fingerprint density at radius 2 is 0.628 bits per heavy atom. The number of nitrogens with zero attached hydrogens (tertiary/aromatic N) is 2. The van der Waals surface area contributed by atoms with Crippen LogP contribution in [0.1, 0.15) is 284 Å². The number of esters is 4. The minimum absolute atomic E-state index is 0.0167. The van der Waals surface area contributed by atoms with Crippen molar-refractivity contribution in [2.24, 2.45) is 0 Å². The van der Waals surface area contributed by atoms with Gasteiger partial charge in [0, 0.05) is 32.1 Å². The number of phosphoric ester groups is 2. The lowest BCUT2D eigenvalue weighted by Crippen LogP contribution is -2.37. The molecule has 0 amide bonds. The molecule has 94 heavy (non-hydrogen) atoms. The third-order valence-corrected chi connectivity index (χ3v) is 17.1. The predicted octanol–water partition coefficient (Wildman–Crippen LogP) is 16.8. The van der Waals surface area contributed by atoms with Gasteiger partial charge in [-0.2, -0.15) is 0 Å². The summed E-state index contributed by atoms with van der Waals surface area (Å²) in [4.78, 5) is 84.3. The van der Waals surface area contributed by atoms with Crippen LogP contribution in [-0.4, -0.2) is 146 Å². The van der Waals surface area contributed by atoms with Crippen LogP contribution in [0.25, 0.3) is 0 Å². The van der Waals surface area contributed by atoms with Crippen LogP contribution in [-0.2, 0) is 70.1 Å². The first-order valence-corrected chi connectivity index (χ1v) is 39.4. The van der Waals surface area contributed by atoms with Crippen molar-refractivity contribution in [2.45, 2.75) is 296 Å². The molecule has 0 aromatic carbocycles. The summed E-state index contributed by atoms with van der Waals surface area (Å²) in [5.74, 6) is -1.97. The molecule has 0 aliphatic heterocycles. The third-order valence-electron chi connectivity index (χ3n) is 15.2. The van der Waals surface area contributed by atoms with Gasteiger partial charge in [0.25, 0.3) is 15.6 Å². The second-order valence-electron chi connectivity index (χ2n) is 26.8. The highest BCUT2D eigenvalue weighted by molar-refractivity contribution is 7.46. The highest BCUT2D eigenvalue weighted by atomic mass is 31.2. The molecule has 0 N–H and O–H groups in total. The molecular formula is C73H136N2O17P2. The normalized spacial score (nSPS) is 14.0. The number of carbonyl (C=O) groups is 5. The summed E-state index contributed by atoms with van der Waals surface area (Å²) in [6.45, 7) is 5.89. The molecule has 0 aliphatic rings. The van der Waals surface area contributed by atoms with Crippen LogP contribution in [0.5, 0.6) is 0 Å². The van der Waals surface area contributed by atoms with E-state index < -0.39 is 64.9 Å². The standard InChI is InChI=1S/C44H80NO8P.C29H56NO9P/c1-6-8-10-12-14-16-18-20-21-22-23-25-27-29-31-33-35-37-44(47)53-42(41-52-54(48,49)51-39-38-45(3,4)5)40-50-43(46)36-34-32-30-28-26-24-19-17-15-13-11-9-7-2;1-5-6-7-8-9-10-11-12-13-14-15-16-17-20-28(32)36-25-27(39-29(33)21-18-19-23-31)26-38-40(34,35)37-24-22-30(2,3)4/h14,16,20-21,23,25,29,31,42H,6-13,15,17-19,22,24,26-28,30,32-41H2,1-5H3;23,27H,5-22,24-26H2,1-4H3/b16-14-,21-20-,25-23-,31-29-;. The van der Waals surface area contributed by atoms with Gasteiger partial charge in [0.2, 0.25) is 0 Å². The lowest BCUT2D eigenvalue weighted by Gasteiger charge is -2.28. The van der Waals surface area contributed by atoms with Gasteiger partial charge in [-0.3, -0.25) is 28.3 Å². The van der Waals surface area contributed by atoms with E-state index in [1.807, 2.05) is 48.4 Å². The average molecular weight is 1380 g/mol. The van der Waals surface area contributed by atoms with Gasteiger partial charge >= 0.3 is 23.9 Å². The predicted molar refractivity (Wildman–Crippen MR) is 375 cm³/mol. The van der Waals surface area contributed by atoms with Crippen molar-refractivity contribution in [1.29, 1.82) is 0 Å². The smallest absolute Gasteiger partial charge is 0.306 e. The first-order valence-electron chi connectivity index (χ1n) is 36.5. The fraction of sp³-hybridized carbons (Fsp3) is 0.822. The zero-order valence-corrected chi connectivity index (χ0v) is 62.5. The van der Waals surface area contributed by atoms with Gasteiger partial charge in [-0.1, -0.05) is 236 Å². The Morgan fingerprint density at radius 3 is 0.947 bits per heavy atom. The van der Waals surface area contributed by atoms with Gasteiger partial charge in [-0.15, -0.1) is 0 Å². The Bertz CT molecular complexity index is 2060. The van der Waals surface area contributed by atoms with Crippen molar-refractivity contribution in [1.82, 2.24) is 0 Å². The molecule has 21 heteroatoms. The molecule has 0 aromatic heterocycles. The number of likely N-dealkylation sites (N-methyl/N-ethyl adjacent to an activating group) is 2. The third kappa shape index (κ3) is 72.9. The van der Waals surface area contributed by atoms with Crippen LogP contribution in [0.4, 0.5) is 0 Å². The molecule has 4 unspecified atom stereocenters. The van der Waals surface area contributed by atoms with E-state index in [9.17, 15) is 42.9 Å². The lowest BCUT2D eigenvalue weighted by molar-refractivity contribution is -0.870.